The van der Waals surface area contributed by atoms with Gasteiger partial charge in [-0.2, -0.15) is 20.1 Å². The highest BCUT2D eigenvalue weighted by Gasteiger charge is 2.32. The van der Waals surface area contributed by atoms with Crippen molar-refractivity contribution in [3.8, 4) is 5.95 Å². The number of nitrogen functional groups attached to an aromatic ring is 1. The minimum absolute atomic E-state index is 0.0490. The van der Waals surface area contributed by atoms with Gasteiger partial charge in [0.05, 0.1) is 0 Å². The number of carbonyl (C=O) groups is 1. The average molecular weight is 288 g/mol. The maximum absolute atomic E-state index is 11.9. The summed E-state index contributed by atoms with van der Waals surface area (Å²) in [5.41, 5.74) is 5.76. The monoisotopic (exact) mass is 288 g/mol. The van der Waals surface area contributed by atoms with E-state index in [1.165, 1.54) is 4.68 Å². The summed E-state index contributed by atoms with van der Waals surface area (Å²) < 4.78 is 1.51. The van der Waals surface area contributed by atoms with Crippen LogP contribution in [0.3, 0.4) is 0 Å². The molecule has 1 atom stereocenters. The number of carbonyl (C=O) groups excluding carboxylic acids is 1. The Bertz CT molecular complexity index is 641. The lowest BCUT2D eigenvalue weighted by Gasteiger charge is -2.23. The molecule has 3 N–H and O–H groups in total. The van der Waals surface area contributed by atoms with Gasteiger partial charge in [0, 0.05) is 26.0 Å². The largest absolute Gasteiger partial charge is 0.368 e. The van der Waals surface area contributed by atoms with Gasteiger partial charge >= 0.3 is 0 Å². The zero-order valence-corrected chi connectivity index (χ0v) is 11.6. The molecule has 3 heterocycles. The summed E-state index contributed by atoms with van der Waals surface area (Å²) in [5, 5.41) is 6.74. The van der Waals surface area contributed by atoms with Crippen molar-refractivity contribution in [3.63, 3.8) is 0 Å². The average Bonchev–Trinajstić information content (AvgIpc) is 3.16. The molecule has 1 amide bonds. The van der Waals surface area contributed by atoms with Crippen LogP contribution in [0.1, 0.15) is 12.8 Å². The molecule has 3 rings (SSSR count). The summed E-state index contributed by atoms with van der Waals surface area (Å²) >= 11 is 0. The van der Waals surface area contributed by atoms with Crippen LogP contribution in [0.5, 0.6) is 0 Å². The van der Waals surface area contributed by atoms with Crippen LogP contribution in [0, 0.1) is 0 Å². The highest BCUT2D eigenvalue weighted by atomic mass is 16.2. The van der Waals surface area contributed by atoms with E-state index in [1.54, 1.807) is 25.5 Å². The van der Waals surface area contributed by atoms with Gasteiger partial charge in [-0.05, 0) is 18.9 Å². The standard InChI is InChI=1S/C12H16N8O/c1-14-9(21)8-4-2-6-19(8)11-16-10(13)17-12(18-11)20-7-3-5-15-20/h3,5,7-8H,2,4,6H2,1H3,(H,14,21)(H2,13,16,17,18). The Hall–Kier alpha value is -2.71. The molecule has 0 spiro atoms. The van der Waals surface area contributed by atoms with Gasteiger partial charge in [0.25, 0.3) is 5.95 Å². The molecule has 0 saturated carbocycles. The maximum Gasteiger partial charge on any atom is 0.257 e. The van der Waals surface area contributed by atoms with Crippen LogP contribution in [-0.4, -0.2) is 50.3 Å². The van der Waals surface area contributed by atoms with Crippen LogP contribution in [0.2, 0.25) is 0 Å². The van der Waals surface area contributed by atoms with E-state index in [0.29, 0.717) is 18.4 Å². The molecule has 9 nitrogen and oxygen atoms in total. The van der Waals surface area contributed by atoms with Crippen molar-refractivity contribution in [1.29, 1.82) is 0 Å². The fourth-order valence-electron chi connectivity index (χ4n) is 2.43. The Morgan fingerprint density at radius 2 is 2.19 bits per heavy atom. The van der Waals surface area contributed by atoms with Crippen LogP contribution in [0.25, 0.3) is 5.95 Å². The van der Waals surface area contributed by atoms with E-state index in [0.717, 1.165) is 12.8 Å². The van der Waals surface area contributed by atoms with Crippen LogP contribution >= 0.6 is 0 Å². The van der Waals surface area contributed by atoms with Gasteiger partial charge < -0.3 is 16.0 Å². The van der Waals surface area contributed by atoms with Gasteiger partial charge in [-0.25, -0.2) is 4.68 Å². The van der Waals surface area contributed by atoms with Crippen molar-refractivity contribution in [2.75, 3.05) is 24.2 Å². The van der Waals surface area contributed by atoms with Crippen LogP contribution in [0.4, 0.5) is 11.9 Å². The fraction of sp³-hybridized carbons (Fsp3) is 0.417. The lowest BCUT2D eigenvalue weighted by atomic mass is 10.2. The van der Waals surface area contributed by atoms with E-state index in [4.69, 9.17) is 5.73 Å². The number of likely N-dealkylation sites (N-methyl/N-ethyl adjacent to an activating group) is 1. The molecule has 1 fully saturated rings. The predicted molar refractivity (Wildman–Crippen MR) is 75.8 cm³/mol. The number of nitrogens with zero attached hydrogens (tertiary/aromatic N) is 6. The second-order valence-electron chi connectivity index (χ2n) is 4.71. The Balaban J connectivity index is 1.97. The molecule has 1 unspecified atom stereocenters. The normalized spacial score (nSPS) is 18.0. The molecule has 110 valence electrons. The number of amides is 1. The van der Waals surface area contributed by atoms with E-state index in [1.807, 2.05) is 4.90 Å². The quantitative estimate of drug-likeness (QED) is 0.771. The number of nitrogens with one attached hydrogen (secondary N) is 1. The molecule has 2 aromatic rings. The Morgan fingerprint density at radius 1 is 1.38 bits per heavy atom. The first-order chi connectivity index (χ1) is 10.2. The number of rotatable bonds is 3. The summed E-state index contributed by atoms with van der Waals surface area (Å²) in [7, 11) is 1.62. The number of anilines is 2. The lowest BCUT2D eigenvalue weighted by molar-refractivity contribution is -0.121. The van der Waals surface area contributed by atoms with Gasteiger partial charge in [0.15, 0.2) is 0 Å². The molecule has 0 aliphatic carbocycles. The molecule has 0 aromatic carbocycles. The van der Waals surface area contributed by atoms with Gasteiger partial charge in [0.1, 0.15) is 6.04 Å². The fourth-order valence-corrected chi connectivity index (χ4v) is 2.43. The molecular formula is C12H16N8O. The molecule has 1 aliphatic heterocycles. The lowest BCUT2D eigenvalue weighted by Crippen LogP contribution is -2.43. The molecule has 21 heavy (non-hydrogen) atoms. The molecule has 0 bridgehead atoms. The SMILES string of the molecule is CNC(=O)C1CCCN1c1nc(N)nc(-n2cccn2)n1. The Labute approximate surface area is 121 Å². The summed E-state index contributed by atoms with van der Waals surface area (Å²) in [5.74, 6) is 0.796. The van der Waals surface area contributed by atoms with Crippen LogP contribution in [0.15, 0.2) is 18.5 Å². The van der Waals surface area contributed by atoms with E-state index in [9.17, 15) is 4.79 Å². The van der Waals surface area contributed by atoms with Crippen molar-refractivity contribution in [2.45, 2.75) is 18.9 Å². The van der Waals surface area contributed by atoms with Crippen molar-refractivity contribution in [2.24, 2.45) is 0 Å². The first-order valence-corrected chi connectivity index (χ1v) is 6.69. The van der Waals surface area contributed by atoms with Gasteiger partial charge in [-0.3, -0.25) is 4.79 Å². The van der Waals surface area contributed by atoms with Crippen LogP contribution < -0.4 is 16.0 Å². The second kappa shape index (κ2) is 5.35. The number of nitrogens with two attached hydrogens (primary N) is 1. The topological polar surface area (TPSA) is 115 Å². The van der Waals surface area contributed by atoms with Crippen LogP contribution in [-0.2, 0) is 4.79 Å². The van der Waals surface area contributed by atoms with Gasteiger partial charge in [0.2, 0.25) is 17.8 Å². The number of aromatic nitrogens is 5. The number of hydrogen-bond donors (Lipinski definition) is 2. The summed E-state index contributed by atoms with van der Waals surface area (Å²) in [6, 6.07) is 1.49. The minimum atomic E-state index is -0.276. The van der Waals surface area contributed by atoms with Gasteiger partial charge in [-0.1, -0.05) is 0 Å². The zero-order chi connectivity index (χ0) is 14.8. The number of hydrogen-bond acceptors (Lipinski definition) is 7. The van der Waals surface area contributed by atoms with Crippen molar-refractivity contribution in [1.82, 2.24) is 30.0 Å². The molecule has 0 radical (unpaired) electrons. The Kier molecular flexibility index (Phi) is 3.38. The minimum Gasteiger partial charge on any atom is -0.368 e. The van der Waals surface area contributed by atoms with Crippen molar-refractivity contribution in [3.05, 3.63) is 18.5 Å². The highest BCUT2D eigenvalue weighted by Crippen LogP contribution is 2.23. The van der Waals surface area contributed by atoms with E-state index in [2.05, 4.69) is 25.4 Å². The van der Waals surface area contributed by atoms with Crippen molar-refractivity contribution >= 4 is 17.8 Å². The summed E-state index contributed by atoms with van der Waals surface area (Å²) in [4.78, 5) is 26.4. The highest BCUT2D eigenvalue weighted by molar-refractivity contribution is 5.85. The molecule has 1 aliphatic rings. The molecule has 1 saturated heterocycles. The first kappa shape index (κ1) is 13.3. The van der Waals surface area contributed by atoms with E-state index < -0.39 is 0 Å². The first-order valence-electron chi connectivity index (χ1n) is 6.69. The molecule has 2 aromatic heterocycles. The van der Waals surface area contributed by atoms with Gasteiger partial charge in [-0.15, -0.1) is 0 Å². The Morgan fingerprint density at radius 3 is 2.90 bits per heavy atom. The van der Waals surface area contributed by atoms with Crippen molar-refractivity contribution < 1.29 is 4.79 Å². The third-order valence-electron chi connectivity index (χ3n) is 3.40. The zero-order valence-electron chi connectivity index (χ0n) is 11.6. The third kappa shape index (κ3) is 2.49. The summed E-state index contributed by atoms with van der Waals surface area (Å²) in [6.45, 7) is 0.708. The summed E-state index contributed by atoms with van der Waals surface area (Å²) in [6.07, 6.45) is 5.02. The molecular weight excluding hydrogens is 272 g/mol. The third-order valence-corrected chi connectivity index (χ3v) is 3.40. The molecule has 9 heteroatoms. The smallest absolute Gasteiger partial charge is 0.257 e. The second-order valence-corrected chi connectivity index (χ2v) is 4.71. The van der Waals surface area contributed by atoms with E-state index in [-0.39, 0.29) is 17.9 Å². The van der Waals surface area contributed by atoms with E-state index >= 15 is 0 Å². The maximum atomic E-state index is 11.9. The predicted octanol–water partition coefficient (Wildman–Crippen LogP) is -0.646.